The van der Waals surface area contributed by atoms with E-state index in [1.165, 1.54) is 0 Å². The Bertz CT molecular complexity index is 3590. The summed E-state index contributed by atoms with van der Waals surface area (Å²) < 4.78 is 439. The van der Waals surface area contributed by atoms with Crippen LogP contribution in [0.25, 0.3) is 77.2 Å². The van der Waals surface area contributed by atoms with Gasteiger partial charge in [0.05, 0.1) is 71.6 Å². The van der Waals surface area contributed by atoms with Crippen molar-refractivity contribution < 1.29 is 127 Å². The highest BCUT2D eigenvalue weighted by Crippen LogP contribution is 2.49. The third-order valence-corrected chi connectivity index (χ3v) is 11.6. The van der Waals surface area contributed by atoms with Gasteiger partial charge in [0.15, 0.2) is 151 Å². The summed E-state index contributed by atoms with van der Waals surface area (Å²) >= 11 is 0. The second-order valence-electron chi connectivity index (χ2n) is 14.8. The summed E-state index contributed by atoms with van der Waals surface area (Å²) in [6, 6.07) is 0. The zero-order valence-electron chi connectivity index (χ0n) is 33.5. The Kier molecular flexibility index (Phi) is 12.7. The number of benzene rings is 8. The highest BCUT2D eigenvalue weighted by atomic mass is 31.0. The highest BCUT2D eigenvalue weighted by Gasteiger charge is 2.42. The van der Waals surface area contributed by atoms with Crippen molar-refractivity contribution in [2.24, 2.45) is 0 Å². The maximum atomic E-state index is 16.0. The van der Waals surface area contributed by atoms with Crippen LogP contribution in [0.15, 0.2) is 0 Å². The molecule has 0 N–H and O–H groups in total. The lowest BCUT2D eigenvalue weighted by Crippen LogP contribution is -2.17. The van der Waals surface area contributed by atoms with Gasteiger partial charge in [-0.25, -0.2) is 127 Å². The van der Waals surface area contributed by atoms with E-state index in [2.05, 4.69) is 0 Å². The quantitative estimate of drug-likeness (QED) is 0.0697. The predicted molar refractivity (Wildman–Crippen MR) is 197 cm³/mol. The standard InChI is InChI=1S/C44H2F29P/c45-15-1(17(47)23(53)7-3(15)34(64)40(70)42(72)36(7)66)5-19(49)25(55)9(26(56)20(5)50)10-27(57)29(59)11(30(60)28(10)58)12-31(61)38(68)14(44(74)39(12)69)13-32(62)21(51)6(22(52)33(13)63)2-16(46)4-8(24(54)18(2)48)37(67)43(73)41(71)35(4)65/h74H2. The second kappa shape index (κ2) is 17.7. The fraction of sp³-hybridized carbons (Fsp3) is 0. The first kappa shape index (κ1) is 53.0. The van der Waals surface area contributed by atoms with Crippen LogP contribution < -0.4 is 5.30 Å². The third-order valence-electron chi connectivity index (χ3n) is 11.1. The molecule has 0 saturated carbocycles. The number of hydrogen-bond acceptors (Lipinski definition) is 0. The van der Waals surface area contributed by atoms with Crippen molar-refractivity contribution in [2.75, 3.05) is 0 Å². The first-order valence-electron chi connectivity index (χ1n) is 18.5. The third kappa shape index (κ3) is 6.78. The van der Waals surface area contributed by atoms with E-state index in [1.807, 2.05) is 0 Å². The zero-order chi connectivity index (χ0) is 55.4. The Labute approximate surface area is 387 Å². The van der Waals surface area contributed by atoms with E-state index in [4.69, 9.17) is 0 Å². The average Bonchev–Trinajstić information content (AvgIpc) is 3.35. The van der Waals surface area contributed by atoms with Gasteiger partial charge >= 0.3 is 0 Å². The van der Waals surface area contributed by atoms with Gasteiger partial charge in [-0.2, -0.15) is 0 Å². The van der Waals surface area contributed by atoms with Crippen molar-refractivity contribution in [3.8, 4) is 55.6 Å². The van der Waals surface area contributed by atoms with Crippen LogP contribution in [0, 0.1) is 169 Å². The van der Waals surface area contributed by atoms with E-state index < -0.39 is 251 Å². The van der Waals surface area contributed by atoms with Gasteiger partial charge in [0, 0.05) is 10.9 Å². The van der Waals surface area contributed by atoms with Crippen molar-refractivity contribution >= 4 is 36.1 Å². The Morgan fingerprint density at radius 3 is 0.459 bits per heavy atom. The molecule has 8 aromatic carbocycles. The number of hydrogen-bond donors (Lipinski definition) is 0. The molecule has 0 aliphatic carbocycles. The Morgan fingerprint density at radius 2 is 0.243 bits per heavy atom. The monoisotopic (exact) mass is 1110 g/mol. The summed E-state index contributed by atoms with van der Waals surface area (Å²) in [7, 11) is 0.832. The second-order valence-corrected chi connectivity index (χ2v) is 15.3. The van der Waals surface area contributed by atoms with Gasteiger partial charge in [0.2, 0.25) is 0 Å². The van der Waals surface area contributed by atoms with Crippen LogP contribution in [0.5, 0.6) is 0 Å². The van der Waals surface area contributed by atoms with Crippen LogP contribution in [-0.4, -0.2) is 0 Å². The van der Waals surface area contributed by atoms with E-state index >= 15 is 83.4 Å². The highest BCUT2D eigenvalue weighted by molar-refractivity contribution is 7.28. The smallest absolute Gasteiger partial charge is 0.198 e. The Hall–Kier alpha value is -7.32. The van der Waals surface area contributed by atoms with Gasteiger partial charge < -0.3 is 0 Å². The molecule has 1 atom stereocenters. The van der Waals surface area contributed by atoms with Crippen LogP contribution >= 0.6 is 9.24 Å². The molecule has 1 unspecified atom stereocenters. The fourth-order valence-electron chi connectivity index (χ4n) is 7.76. The molecule has 30 heteroatoms. The zero-order valence-corrected chi connectivity index (χ0v) is 34.7. The molecule has 0 nitrogen and oxygen atoms in total. The van der Waals surface area contributed by atoms with Gasteiger partial charge in [-0.3, -0.25) is 0 Å². The van der Waals surface area contributed by atoms with Crippen LogP contribution in [0.3, 0.4) is 0 Å². The minimum absolute atomic E-state index is 0.832. The van der Waals surface area contributed by atoms with Crippen molar-refractivity contribution in [3.63, 3.8) is 0 Å². The van der Waals surface area contributed by atoms with Crippen LogP contribution in [0.2, 0.25) is 0 Å². The molecule has 8 aromatic rings. The molecule has 0 bridgehead atoms. The molecule has 0 amide bonds. The van der Waals surface area contributed by atoms with Crippen LogP contribution in [-0.2, 0) is 0 Å². The maximum absolute atomic E-state index is 16.0. The van der Waals surface area contributed by atoms with Crippen molar-refractivity contribution in [1.82, 2.24) is 0 Å². The fourth-order valence-corrected chi connectivity index (χ4v) is 8.18. The molecule has 8 rings (SSSR count). The Balaban J connectivity index is 1.32. The molecule has 0 aromatic heterocycles. The van der Waals surface area contributed by atoms with Crippen molar-refractivity contribution in [3.05, 3.63) is 169 Å². The normalized spacial score (nSPS) is 11.9. The van der Waals surface area contributed by atoms with E-state index in [1.54, 1.807) is 0 Å². The topological polar surface area (TPSA) is 0 Å². The molecule has 74 heavy (non-hydrogen) atoms. The van der Waals surface area contributed by atoms with Crippen molar-refractivity contribution in [2.45, 2.75) is 0 Å². The molecule has 0 saturated heterocycles. The predicted octanol–water partition coefficient (Wildman–Crippen LogP) is 15.9. The number of rotatable bonds is 5. The summed E-state index contributed by atoms with van der Waals surface area (Å²) in [5.41, 5.74) is -28.5. The minimum atomic E-state index is -3.43. The summed E-state index contributed by atoms with van der Waals surface area (Å²) in [4.78, 5) is 0. The average molecular weight is 1110 g/mol. The van der Waals surface area contributed by atoms with E-state index in [-0.39, 0.29) is 0 Å². The molecule has 0 spiro atoms. The number of fused-ring (bicyclic) bond motifs is 2. The molecule has 0 heterocycles. The summed E-state index contributed by atoms with van der Waals surface area (Å²) in [6.07, 6.45) is 0. The summed E-state index contributed by atoms with van der Waals surface area (Å²) in [5.74, 6) is -91.7. The van der Waals surface area contributed by atoms with Crippen molar-refractivity contribution in [1.29, 1.82) is 0 Å². The first-order valence-corrected chi connectivity index (χ1v) is 19.1. The minimum Gasteiger partial charge on any atom is -0.205 e. The van der Waals surface area contributed by atoms with Crippen LogP contribution in [0.4, 0.5) is 127 Å². The van der Waals surface area contributed by atoms with E-state index in [0.717, 1.165) is 9.24 Å². The summed E-state index contributed by atoms with van der Waals surface area (Å²) in [5, 5.41) is -12.0. The number of halogens is 29. The van der Waals surface area contributed by atoms with Gasteiger partial charge in [0.1, 0.15) is 17.5 Å². The molecule has 0 aliphatic heterocycles. The van der Waals surface area contributed by atoms with E-state index in [0.29, 0.717) is 0 Å². The molecule has 0 aliphatic rings. The van der Waals surface area contributed by atoms with E-state index in [9.17, 15) is 43.9 Å². The maximum Gasteiger partial charge on any atom is 0.198 e. The molecule has 0 fully saturated rings. The lowest BCUT2D eigenvalue weighted by atomic mass is 9.91. The lowest BCUT2D eigenvalue weighted by Gasteiger charge is -2.20. The van der Waals surface area contributed by atoms with Gasteiger partial charge in [-0.1, -0.05) is 0 Å². The first-order chi connectivity index (χ1) is 34.3. The largest absolute Gasteiger partial charge is 0.205 e. The van der Waals surface area contributed by atoms with Gasteiger partial charge in [-0.15, -0.1) is 9.24 Å². The van der Waals surface area contributed by atoms with Gasteiger partial charge in [-0.05, 0) is 0 Å². The molecule has 386 valence electrons. The molecular weight excluding hydrogens is 1110 g/mol. The SMILES string of the molecule is Fc1c(F)c(-c2c(F)c(F)c(-c3c(F)c(F)c(-c4c(F)c(F)c5c(F)c(F)c(F)c(F)c5c4F)c(F)c3F)c(P)c2F)c(F)c(F)c1-c1c(F)c(F)c(-c2c(F)c(F)c3c(F)c(F)c(F)c(F)c3c2F)c(F)c1F. The molecular formula is C44H2F29P. The molecule has 0 radical (unpaired) electrons. The Morgan fingerprint density at radius 1 is 0.122 bits per heavy atom. The van der Waals surface area contributed by atoms with Gasteiger partial charge in [0.25, 0.3) is 0 Å². The summed E-state index contributed by atoms with van der Waals surface area (Å²) in [6.45, 7) is 0. The lowest BCUT2D eigenvalue weighted by molar-refractivity contribution is 0.412. The van der Waals surface area contributed by atoms with Crippen LogP contribution in [0.1, 0.15) is 0 Å².